The van der Waals surface area contributed by atoms with Gasteiger partial charge in [0.25, 0.3) is 0 Å². The van der Waals surface area contributed by atoms with Gasteiger partial charge < -0.3 is 5.32 Å². The van der Waals surface area contributed by atoms with Crippen LogP contribution in [0.2, 0.25) is 0 Å². The summed E-state index contributed by atoms with van der Waals surface area (Å²) < 4.78 is 0. The predicted octanol–water partition coefficient (Wildman–Crippen LogP) is 2.82. The lowest BCUT2D eigenvalue weighted by molar-refractivity contribution is -0.120. The summed E-state index contributed by atoms with van der Waals surface area (Å²) in [5.41, 5.74) is 0.773. The molecule has 1 N–H and O–H groups in total. The largest absolute Gasteiger partial charge is 0.345 e. The average Bonchev–Trinajstić information content (AvgIpc) is 2.45. The SMILES string of the molecule is CC.CC.CC#CCNC(=O)Cc1ccccn1. The van der Waals surface area contributed by atoms with E-state index in [1.807, 2.05) is 45.9 Å². The van der Waals surface area contributed by atoms with Crippen molar-refractivity contribution >= 4 is 5.91 Å². The van der Waals surface area contributed by atoms with Gasteiger partial charge in [0.15, 0.2) is 0 Å². The Kier molecular flexibility index (Phi) is 15.6. The van der Waals surface area contributed by atoms with Gasteiger partial charge >= 0.3 is 0 Å². The standard InChI is InChI=1S/C11H12N2O.2C2H6/c1-2-3-7-13-11(14)9-10-6-4-5-8-12-10;2*1-2/h4-6,8H,7,9H2,1H3,(H,13,14);2*1-2H3. The normalized spacial score (nSPS) is 7.39. The number of rotatable bonds is 3. The second kappa shape index (κ2) is 15.2. The van der Waals surface area contributed by atoms with Crippen LogP contribution in [-0.4, -0.2) is 17.4 Å². The molecule has 1 aromatic heterocycles. The van der Waals surface area contributed by atoms with E-state index in [4.69, 9.17) is 0 Å². The zero-order valence-electron chi connectivity index (χ0n) is 12.1. The van der Waals surface area contributed by atoms with Crippen LogP contribution in [0, 0.1) is 11.8 Å². The fraction of sp³-hybridized carbons (Fsp3) is 0.467. The molecule has 0 radical (unpaired) electrons. The van der Waals surface area contributed by atoms with Crippen LogP contribution in [0.1, 0.15) is 40.3 Å². The summed E-state index contributed by atoms with van der Waals surface area (Å²) in [6.45, 7) is 10.1. The summed E-state index contributed by atoms with van der Waals surface area (Å²) in [6, 6.07) is 5.51. The Morgan fingerprint density at radius 2 is 1.94 bits per heavy atom. The molecule has 1 amide bonds. The lowest BCUT2D eigenvalue weighted by Crippen LogP contribution is -2.25. The van der Waals surface area contributed by atoms with Crippen LogP contribution in [0.3, 0.4) is 0 Å². The van der Waals surface area contributed by atoms with Crippen molar-refractivity contribution in [3.8, 4) is 11.8 Å². The second-order valence-electron chi connectivity index (χ2n) is 2.70. The third-order valence-corrected chi connectivity index (χ3v) is 1.62. The van der Waals surface area contributed by atoms with Crippen LogP contribution in [0.25, 0.3) is 0 Å². The molecule has 1 heterocycles. The van der Waals surface area contributed by atoms with Crippen molar-refractivity contribution < 1.29 is 4.79 Å². The fourth-order valence-corrected chi connectivity index (χ4v) is 0.961. The molecule has 3 nitrogen and oxygen atoms in total. The highest BCUT2D eigenvalue weighted by atomic mass is 16.1. The van der Waals surface area contributed by atoms with Crippen LogP contribution >= 0.6 is 0 Å². The second-order valence-corrected chi connectivity index (χ2v) is 2.70. The van der Waals surface area contributed by atoms with Crippen LogP contribution in [-0.2, 0) is 11.2 Å². The van der Waals surface area contributed by atoms with Crippen molar-refractivity contribution in [3.05, 3.63) is 30.1 Å². The molecule has 0 unspecified atom stereocenters. The van der Waals surface area contributed by atoms with Crippen molar-refractivity contribution in [3.63, 3.8) is 0 Å². The van der Waals surface area contributed by atoms with Gasteiger partial charge in [-0.3, -0.25) is 9.78 Å². The van der Waals surface area contributed by atoms with Crippen LogP contribution in [0.4, 0.5) is 0 Å². The molecule has 0 bridgehead atoms. The summed E-state index contributed by atoms with van der Waals surface area (Å²) in [4.78, 5) is 15.3. The monoisotopic (exact) mass is 248 g/mol. The minimum absolute atomic E-state index is 0.0496. The zero-order valence-corrected chi connectivity index (χ0v) is 12.1. The lowest BCUT2D eigenvalue weighted by atomic mass is 10.2. The van der Waals surface area contributed by atoms with Gasteiger partial charge in [0.05, 0.1) is 13.0 Å². The molecule has 1 rings (SSSR count). The lowest BCUT2D eigenvalue weighted by Gasteiger charge is -2.00. The van der Waals surface area contributed by atoms with Gasteiger partial charge in [0.2, 0.25) is 5.91 Å². The molecule has 0 saturated carbocycles. The molecule has 1 aromatic rings. The average molecular weight is 248 g/mol. The number of carbonyl (C=O) groups excluding carboxylic acids is 1. The minimum atomic E-state index is -0.0496. The number of amides is 1. The molecule has 0 aliphatic carbocycles. The smallest absolute Gasteiger partial charge is 0.226 e. The van der Waals surface area contributed by atoms with Crippen molar-refractivity contribution in [2.45, 2.75) is 41.0 Å². The van der Waals surface area contributed by atoms with E-state index in [1.54, 1.807) is 13.1 Å². The van der Waals surface area contributed by atoms with Gasteiger partial charge in [-0.25, -0.2) is 0 Å². The van der Waals surface area contributed by atoms with Gasteiger partial charge in [-0.2, -0.15) is 0 Å². The van der Waals surface area contributed by atoms with Crippen LogP contribution in [0.15, 0.2) is 24.4 Å². The minimum Gasteiger partial charge on any atom is -0.345 e. The molecule has 0 saturated heterocycles. The molecule has 3 heteroatoms. The first-order valence-corrected chi connectivity index (χ1v) is 6.39. The van der Waals surface area contributed by atoms with E-state index in [0.29, 0.717) is 13.0 Å². The Labute approximate surface area is 111 Å². The first kappa shape index (κ1) is 18.5. The first-order chi connectivity index (χ1) is 8.83. The Morgan fingerprint density at radius 1 is 1.28 bits per heavy atom. The molecule has 0 fully saturated rings. The first-order valence-electron chi connectivity index (χ1n) is 6.39. The van der Waals surface area contributed by atoms with Crippen molar-refractivity contribution in [2.24, 2.45) is 0 Å². The molecule has 0 atom stereocenters. The number of pyridine rings is 1. The topological polar surface area (TPSA) is 42.0 Å². The molecule has 0 spiro atoms. The van der Waals surface area contributed by atoms with E-state index in [9.17, 15) is 4.79 Å². The summed E-state index contributed by atoms with van der Waals surface area (Å²) in [5.74, 6) is 5.42. The summed E-state index contributed by atoms with van der Waals surface area (Å²) >= 11 is 0. The summed E-state index contributed by atoms with van der Waals surface area (Å²) in [6.07, 6.45) is 1.99. The van der Waals surface area contributed by atoms with Gasteiger partial charge in [-0.15, -0.1) is 5.92 Å². The maximum absolute atomic E-state index is 11.3. The Morgan fingerprint density at radius 3 is 2.44 bits per heavy atom. The summed E-state index contributed by atoms with van der Waals surface area (Å²) in [5, 5.41) is 2.68. The molecule has 100 valence electrons. The van der Waals surface area contributed by atoms with Crippen LogP contribution < -0.4 is 5.32 Å². The van der Waals surface area contributed by atoms with Crippen LogP contribution in [0.5, 0.6) is 0 Å². The molecular formula is C15H24N2O. The van der Waals surface area contributed by atoms with E-state index in [2.05, 4.69) is 22.1 Å². The number of hydrogen-bond acceptors (Lipinski definition) is 2. The maximum Gasteiger partial charge on any atom is 0.226 e. The number of nitrogens with one attached hydrogen (secondary N) is 1. The highest BCUT2D eigenvalue weighted by Crippen LogP contribution is 1.93. The number of hydrogen-bond donors (Lipinski definition) is 1. The van der Waals surface area contributed by atoms with Crippen molar-refractivity contribution in [1.82, 2.24) is 10.3 Å². The molecular weight excluding hydrogens is 224 g/mol. The summed E-state index contributed by atoms with van der Waals surface area (Å²) in [7, 11) is 0. The van der Waals surface area contributed by atoms with Gasteiger partial charge in [0, 0.05) is 11.9 Å². The Hall–Kier alpha value is -1.82. The third-order valence-electron chi connectivity index (χ3n) is 1.62. The highest BCUT2D eigenvalue weighted by molar-refractivity contribution is 5.78. The van der Waals surface area contributed by atoms with Crippen molar-refractivity contribution in [1.29, 1.82) is 0 Å². The van der Waals surface area contributed by atoms with Gasteiger partial charge in [-0.05, 0) is 19.1 Å². The van der Waals surface area contributed by atoms with E-state index < -0.39 is 0 Å². The zero-order chi connectivity index (χ0) is 14.2. The Balaban J connectivity index is 0. The number of nitrogens with zero attached hydrogens (tertiary/aromatic N) is 1. The van der Waals surface area contributed by atoms with Gasteiger partial charge in [0.1, 0.15) is 0 Å². The molecule has 0 aliphatic heterocycles. The van der Waals surface area contributed by atoms with E-state index in [-0.39, 0.29) is 5.91 Å². The highest BCUT2D eigenvalue weighted by Gasteiger charge is 2.01. The molecule has 18 heavy (non-hydrogen) atoms. The molecule has 0 aromatic carbocycles. The predicted molar refractivity (Wildman–Crippen MR) is 77.1 cm³/mol. The molecule has 0 aliphatic rings. The van der Waals surface area contributed by atoms with E-state index >= 15 is 0 Å². The third kappa shape index (κ3) is 10.7. The number of carbonyl (C=O) groups is 1. The fourth-order valence-electron chi connectivity index (χ4n) is 0.961. The quantitative estimate of drug-likeness (QED) is 0.836. The van der Waals surface area contributed by atoms with Crippen molar-refractivity contribution in [2.75, 3.05) is 6.54 Å². The van der Waals surface area contributed by atoms with E-state index in [1.165, 1.54) is 0 Å². The maximum atomic E-state index is 11.3. The van der Waals surface area contributed by atoms with E-state index in [0.717, 1.165) is 5.69 Å². The van der Waals surface area contributed by atoms with Gasteiger partial charge in [-0.1, -0.05) is 39.7 Å². The Bertz CT molecular complexity index is 350. The number of aromatic nitrogens is 1.